The summed E-state index contributed by atoms with van der Waals surface area (Å²) in [6.45, 7) is 0.567. The smallest absolute Gasteiger partial charge is 0.161 e. The standard InChI is InChI=1S/C9H13NO2/c1-11-8-4-2-3-5-9(8)12-7-6-10/h2-5H,6-7,10H2,1H3/i2D,3D,5D. The Bertz CT molecular complexity index is 358. The lowest BCUT2D eigenvalue weighted by molar-refractivity contribution is 0.302. The van der Waals surface area contributed by atoms with Gasteiger partial charge in [0.2, 0.25) is 0 Å². The van der Waals surface area contributed by atoms with E-state index in [-0.39, 0.29) is 36.2 Å². The second kappa shape index (κ2) is 4.62. The minimum atomic E-state index is -0.178. The van der Waals surface area contributed by atoms with E-state index in [1.807, 2.05) is 0 Å². The Kier molecular flexibility index (Phi) is 2.09. The zero-order chi connectivity index (χ0) is 11.4. The maximum Gasteiger partial charge on any atom is 0.161 e. The fourth-order valence-electron chi connectivity index (χ4n) is 0.741. The monoisotopic (exact) mass is 170 g/mol. The second-order valence-corrected chi connectivity index (χ2v) is 2.07. The van der Waals surface area contributed by atoms with Crippen LogP contribution in [0.2, 0.25) is 0 Å². The molecule has 1 aromatic carbocycles. The Hall–Kier alpha value is -1.22. The molecule has 0 amide bonds. The van der Waals surface area contributed by atoms with Crippen LogP contribution < -0.4 is 15.2 Å². The summed E-state index contributed by atoms with van der Waals surface area (Å²) < 4.78 is 32.6. The Labute approximate surface area is 76.3 Å². The molecule has 12 heavy (non-hydrogen) atoms. The van der Waals surface area contributed by atoms with E-state index < -0.39 is 0 Å². The molecule has 0 unspecified atom stereocenters. The molecular formula is C9H13NO2. The SMILES string of the molecule is [2H]c1cc(OC)c(OCCN)c([2H])c1[2H]. The summed E-state index contributed by atoms with van der Waals surface area (Å²) in [5.41, 5.74) is 5.27. The van der Waals surface area contributed by atoms with E-state index in [0.29, 0.717) is 6.54 Å². The van der Waals surface area contributed by atoms with Crippen molar-refractivity contribution in [1.29, 1.82) is 0 Å². The quantitative estimate of drug-likeness (QED) is 0.734. The van der Waals surface area contributed by atoms with Crippen LogP contribution in [0.3, 0.4) is 0 Å². The average Bonchev–Trinajstić information content (AvgIpc) is 2.24. The predicted octanol–water partition coefficient (Wildman–Crippen LogP) is 1.03. The zero-order valence-electron chi connectivity index (χ0n) is 9.89. The molecule has 3 nitrogen and oxygen atoms in total. The van der Waals surface area contributed by atoms with Gasteiger partial charge in [0.1, 0.15) is 6.61 Å². The Balaban J connectivity index is 3.15. The van der Waals surface area contributed by atoms with Crippen LogP contribution in [0.1, 0.15) is 4.11 Å². The molecule has 66 valence electrons. The first-order chi connectivity index (χ1) is 7.11. The molecule has 0 aliphatic rings. The van der Waals surface area contributed by atoms with Gasteiger partial charge in [-0.2, -0.15) is 0 Å². The molecule has 0 aromatic heterocycles. The van der Waals surface area contributed by atoms with Crippen molar-refractivity contribution in [1.82, 2.24) is 0 Å². The highest BCUT2D eigenvalue weighted by Crippen LogP contribution is 2.25. The third-order valence-electron chi connectivity index (χ3n) is 1.26. The summed E-state index contributed by atoms with van der Waals surface area (Å²) in [4.78, 5) is 0. The van der Waals surface area contributed by atoms with E-state index >= 15 is 0 Å². The summed E-state index contributed by atoms with van der Waals surface area (Å²) in [5.74, 6) is 0.457. The van der Waals surface area contributed by atoms with Gasteiger partial charge in [0.05, 0.1) is 11.2 Å². The fraction of sp³-hybridized carbons (Fsp3) is 0.333. The lowest BCUT2D eigenvalue weighted by Crippen LogP contribution is -2.10. The van der Waals surface area contributed by atoms with E-state index in [0.717, 1.165) is 0 Å². The topological polar surface area (TPSA) is 44.5 Å². The maximum atomic E-state index is 7.61. The van der Waals surface area contributed by atoms with Gasteiger partial charge in [-0.25, -0.2) is 0 Å². The van der Waals surface area contributed by atoms with Crippen LogP contribution in [0.4, 0.5) is 0 Å². The van der Waals surface area contributed by atoms with E-state index in [1.54, 1.807) is 0 Å². The molecular weight excluding hydrogens is 154 g/mol. The van der Waals surface area contributed by atoms with Crippen molar-refractivity contribution < 1.29 is 13.6 Å². The lowest BCUT2D eigenvalue weighted by Gasteiger charge is -2.08. The molecule has 0 bridgehead atoms. The summed E-state index contributed by atoms with van der Waals surface area (Å²) >= 11 is 0. The molecule has 0 saturated heterocycles. The van der Waals surface area contributed by atoms with E-state index in [2.05, 4.69) is 0 Å². The molecule has 0 atom stereocenters. The van der Waals surface area contributed by atoms with E-state index in [9.17, 15) is 0 Å². The number of para-hydroxylation sites is 2. The molecule has 0 saturated carbocycles. The Morgan fingerprint density at radius 3 is 3.00 bits per heavy atom. The molecule has 0 heterocycles. The summed E-state index contributed by atoms with van der Waals surface area (Å²) in [6.07, 6.45) is 0. The Morgan fingerprint density at radius 1 is 1.50 bits per heavy atom. The van der Waals surface area contributed by atoms with Crippen molar-refractivity contribution >= 4 is 0 Å². The van der Waals surface area contributed by atoms with Crippen LogP contribution in [0.15, 0.2) is 24.2 Å². The third kappa shape index (κ3) is 2.13. The minimum Gasteiger partial charge on any atom is -0.493 e. The van der Waals surface area contributed by atoms with Crippen LogP contribution in [0.25, 0.3) is 0 Å². The Morgan fingerprint density at radius 2 is 2.33 bits per heavy atom. The second-order valence-electron chi connectivity index (χ2n) is 2.07. The molecule has 1 rings (SSSR count). The number of hydrogen-bond acceptors (Lipinski definition) is 3. The van der Waals surface area contributed by atoms with Gasteiger partial charge in [-0.15, -0.1) is 0 Å². The van der Waals surface area contributed by atoms with Crippen molar-refractivity contribution in [3.8, 4) is 11.5 Å². The molecule has 0 spiro atoms. The number of benzene rings is 1. The van der Waals surface area contributed by atoms with Crippen molar-refractivity contribution in [3.63, 3.8) is 0 Å². The molecule has 0 radical (unpaired) electrons. The first-order valence-corrected chi connectivity index (χ1v) is 3.59. The number of methoxy groups -OCH3 is 1. The van der Waals surface area contributed by atoms with Crippen LogP contribution in [-0.4, -0.2) is 20.3 Å². The van der Waals surface area contributed by atoms with Crippen LogP contribution in [0, 0.1) is 0 Å². The highest BCUT2D eigenvalue weighted by molar-refractivity contribution is 5.39. The number of nitrogens with two attached hydrogens (primary N) is 1. The first-order valence-electron chi connectivity index (χ1n) is 5.09. The normalized spacial score (nSPS) is 13.0. The van der Waals surface area contributed by atoms with E-state index in [4.69, 9.17) is 19.3 Å². The van der Waals surface area contributed by atoms with Gasteiger partial charge in [-0.3, -0.25) is 0 Å². The van der Waals surface area contributed by atoms with Gasteiger partial charge in [0.25, 0.3) is 0 Å². The zero-order valence-corrected chi connectivity index (χ0v) is 6.89. The van der Waals surface area contributed by atoms with Gasteiger partial charge >= 0.3 is 0 Å². The number of rotatable bonds is 4. The van der Waals surface area contributed by atoms with Crippen molar-refractivity contribution in [2.24, 2.45) is 5.73 Å². The van der Waals surface area contributed by atoms with Crippen LogP contribution in [0.5, 0.6) is 11.5 Å². The van der Waals surface area contributed by atoms with Crippen molar-refractivity contribution in [2.45, 2.75) is 0 Å². The summed E-state index contributed by atoms with van der Waals surface area (Å²) in [5, 5.41) is 0. The number of hydrogen-bond donors (Lipinski definition) is 1. The lowest BCUT2D eigenvalue weighted by atomic mass is 10.3. The van der Waals surface area contributed by atoms with Crippen molar-refractivity contribution in [2.75, 3.05) is 20.3 Å². The molecule has 3 heteroatoms. The van der Waals surface area contributed by atoms with Crippen LogP contribution in [-0.2, 0) is 0 Å². The fourth-order valence-corrected chi connectivity index (χ4v) is 0.741. The molecule has 2 N–H and O–H groups in total. The largest absolute Gasteiger partial charge is 0.493 e. The molecule has 0 aliphatic carbocycles. The van der Waals surface area contributed by atoms with Gasteiger partial charge in [-0.05, 0) is 12.1 Å². The third-order valence-corrected chi connectivity index (χ3v) is 1.26. The number of ether oxygens (including phenoxy) is 2. The van der Waals surface area contributed by atoms with Gasteiger partial charge < -0.3 is 15.2 Å². The average molecular weight is 170 g/mol. The maximum absolute atomic E-state index is 7.61. The molecule has 1 aromatic rings. The molecule has 0 fully saturated rings. The van der Waals surface area contributed by atoms with Gasteiger partial charge in [0.15, 0.2) is 11.5 Å². The van der Waals surface area contributed by atoms with Crippen molar-refractivity contribution in [3.05, 3.63) is 24.2 Å². The summed E-state index contributed by atoms with van der Waals surface area (Å²) in [7, 11) is 1.42. The predicted molar refractivity (Wildman–Crippen MR) is 47.5 cm³/mol. The van der Waals surface area contributed by atoms with E-state index in [1.165, 1.54) is 13.2 Å². The van der Waals surface area contributed by atoms with Gasteiger partial charge in [-0.1, -0.05) is 12.1 Å². The first kappa shape index (κ1) is 5.43. The highest BCUT2D eigenvalue weighted by Gasteiger charge is 2.00. The van der Waals surface area contributed by atoms with Crippen LogP contribution >= 0.6 is 0 Å². The summed E-state index contributed by atoms with van der Waals surface area (Å²) in [6, 6.07) is 0.972. The minimum absolute atomic E-state index is 0.0584. The molecule has 0 aliphatic heterocycles. The highest BCUT2D eigenvalue weighted by atomic mass is 16.5. The van der Waals surface area contributed by atoms with Gasteiger partial charge in [0, 0.05) is 6.54 Å².